The van der Waals surface area contributed by atoms with Gasteiger partial charge in [-0.1, -0.05) is 11.6 Å². The highest BCUT2D eigenvalue weighted by Crippen LogP contribution is 2.29. The van der Waals surface area contributed by atoms with Gasteiger partial charge in [-0.3, -0.25) is 4.79 Å². The number of ether oxygens (including phenoxy) is 2. The van der Waals surface area contributed by atoms with E-state index >= 15 is 0 Å². The number of amides is 1. The second-order valence-electron chi connectivity index (χ2n) is 4.07. The highest BCUT2D eigenvalue weighted by atomic mass is 35.5. The van der Waals surface area contributed by atoms with Crippen LogP contribution in [0.15, 0.2) is 36.5 Å². The number of nitrogens with zero attached hydrogens (tertiary/aromatic N) is 1. The summed E-state index contributed by atoms with van der Waals surface area (Å²) in [7, 11) is 1.47. The molecule has 8 heteroatoms. The van der Waals surface area contributed by atoms with Crippen molar-refractivity contribution < 1.29 is 23.0 Å². The van der Waals surface area contributed by atoms with Crippen LogP contribution in [-0.2, 0) is 0 Å². The molecule has 2 aromatic rings. The number of pyridine rings is 1. The summed E-state index contributed by atoms with van der Waals surface area (Å²) in [5.41, 5.74) is 0.650. The number of hydrogen-bond donors (Lipinski definition) is 1. The van der Waals surface area contributed by atoms with Crippen LogP contribution in [0.3, 0.4) is 0 Å². The number of nitrogens with one attached hydrogen (secondary N) is 1. The zero-order valence-corrected chi connectivity index (χ0v) is 12.1. The molecule has 1 aromatic heterocycles. The van der Waals surface area contributed by atoms with Crippen molar-refractivity contribution in [3.05, 3.63) is 47.1 Å². The van der Waals surface area contributed by atoms with E-state index in [2.05, 4.69) is 15.0 Å². The highest BCUT2D eigenvalue weighted by molar-refractivity contribution is 6.32. The Bertz CT molecular complexity index is 666. The molecule has 0 saturated heterocycles. The molecule has 116 valence electrons. The van der Waals surface area contributed by atoms with E-state index < -0.39 is 12.5 Å². The molecular formula is C14H11ClF2N2O3. The summed E-state index contributed by atoms with van der Waals surface area (Å²) in [5, 5.41) is 2.53. The van der Waals surface area contributed by atoms with Gasteiger partial charge < -0.3 is 14.8 Å². The number of halogens is 3. The molecule has 0 bridgehead atoms. The smallest absolute Gasteiger partial charge is 0.387 e. The lowest BCUT2D eigenvalue weighted by Gasteiger charge is -2.09. The molecule has 1 N–H and O–H groups in total. The SMILES string of the molecule is COc1ccc(C(=O)Nc2ccc(OC(F)F)c(Cl)c2)cn1. The molecule has 2 rings (SSSR count). The number of methoxy groups -OCH3 is 1. The van der Waals surface area contributed by atoms with Gasteiger partial charge >= 0.3 is 6.61 Å². The summed E-state index contributed by atoms with van der Waals surface area (Å²) in [4.78, 5) is 15.9. The molecule has 1 heterocycles. The van der Waals surface area contributed by atoms with E-state index in [0.29, 0.717) is 17.1 Å². The van der Waals surface area contributed by atoms with Gasteiger partial charge in [-0.15, -0.1) is 0 Å². The largest absolute Gasteiger partial charge is 0.481 e. The van der Waals surface area contributed by atoms with Gasteiger partial charge in [0.05, 0.1) is 17.7 Å². The van der Waals surface area contributed by atoms with Gasteiger partial charge in [0, 0.05) is 18.0 Å². The van der Waals surface area contributed by atoms with E-state index in [0.717, 1.165) is 0 Å². The van der Waals surface area contributed by atoms with Crippen LogP contribution in [0.5, 0.6) is 11.6 Å². The number of hydrogen-bond acceptors (Lipinski definition) is 4. The summed E-state index contributed by atoms with van der Waals surface area (Å²) in [5.74, 6) is -0.206. The van der Waals surface area contributed by atoms with Gasteiger partial charge in [-0.05, 0) is 24.3 Å². The third-order valence-corrected chi connectivity index (χ3v) is 2.91. The second-order valence-corrected chi connectivity index (χ2v) is 4.47. The van der Waals surface area contributed by atoms with E-state index in [-0.39, 0.29) is 10.8 Å². The van der Waals surface area contributed by atoms with Crippen molar-refractivity contribution in [2.75, 3.05) is 12.4 Å². The number of aromatic nitrogens is 1. The van der Waals surface area contributed by atoms with Crippen LogP contribution < -0.4 is 14.8 Å². The molecule has 0 radical (unpaired) electrons. The predicted molar refractivity (Wildman–Crippen MR) is 76.8 cm³/mol. The molecule has 0 fully saturated rings. The van der Waals surface area contributed by atoms with Crippen molar-refractivity contribution in [2.45, 2.75) is 6.61 Å². The molecular weight excluding hydrogens is 318 g/mol. The van der Waals surface area contributed by atoms with Gasteiger partial charge in [0.2, 0.25) is 5.88 Å². The average molecular weight is 329 g/mol. The van der Waals surface area contributed by atoms with Crippen LogP contribution in [0.2, 0.25) is 5.02 Å². The molecule has 0 atom stereocenters. The standard InChI is InChI=1S/C14H11ClF2N2O3/c1-21-12-5-2-8(7-18-12)13(20)19-9-3-4-11(10(15)6-9)22-14(16)17/h2-7,14H,1H3,(H,19,20). The van der Waals surface area contributed by atoms with Crippen LogP contribution in [0.25, 0.3) is 0 Å². The first-order valence-electron chi connectivity index (χ1n) is 6.05. The first-order chi connectivity index (χ1) is 10.5. The summed E-state index contributed by atoms with van der Waals surface area (Å²) < 4.78 is 33.4. The van der Waals surface area contributed by atoms with Crippen molar-refractivity contribution in [3.63, 3.8) is 0 Å². The minimum absolute atomic E-state index is 0.0362. The van der Waals surface area contributed by atoms with Crippen molar-refractivity contribution in [3.8, 4) is 11.6 Å². The average Bonchev–Trinajstić information content (AvgIpc) is 2.49. The van der Waals surface area contributed by atoms with Gasteiger partial charge in [0.1, 0.15) is 5.75 Å². The first-order valence-corrected chi connectivity index (χ1v) is 6.43. The monoisotopic (exact) mass is 328 g/mol. The maximum Gasteiger partial charge on any atom is 0.387 e. The summed E-state index contributed by atoms with van der Waals surface area (Å²) in [6, 6.07) is 7.04. The quantitative estimate of drug-likeness (QED) is 0.911. The van der Waals surface area contributed by atoms with Gasteiger partial charge in [-0.25, -0.2) is 4.98 Å². The van der Waals surface area contributed by atoms with E-state index in [1.165, 1.54) is 37.6 Å². The third kappa shape index (κ3) is 4.05. The lowest BCUT2D eigenvalue weighted by molar-refractivity contribution is -0.0497. The number of carbonyl (C=O) groups is 1. The van der Waals surface area contributed by atoms with Crippen molar-refractivity contribution >= 4 is 23.2 Å². The molecule has 0 aliphatic heterocycles. The lowest BCUT2D eigenvalue weighted by atomic mass is 10.2. The minimum Gasteiger partial charge on any atom is -0.481 e. The van der Waals surface area contributed by atoms with Crippen LogP contribution in [0, 0.1) is 0 Å². The Balaban J connectivity index is 2.09. The van der Waals surface area contributed by atoms with Gasteiger partial charge in [-0.2, -0.15) is 8.78 Å². The Morgan fingerprint density at radius 2 is 2.09 bits per heavy atom. The van der Waals surface area contributed by atoms with Crippen molar-refractivity contribution in [1.29, 1.82) is 0 Å². The summed E-state index contributed by atoms with van der Waals surface area (Å²) in [6.07, 6.45) is 1.35. The first kappa shape index (κ1) is 16.0. The molecule has 0 saturated carbocycles. The van der Waals surface area contributed by atoms with Crippen LogP contribution in [0.1, 0.15) is 10.4 Å². The fraction of sp³-hybridized carbons (Fsp3) is 0.143. The topological polar surface area (TPSA) is 60.5 Å². The number of carbonyl (C=O) groups excluding carboxylic acids is 1. The Labute approximate surface area is 129 Å². The molecule has 22 heavy (non-hydrogen) atoms. The summed E-state index contributed by atoms with van der Waals surface area (Å²) in [6.45, 7) is -2.97. The number of rotatable bonds is 5. The van der Waals surface area contributed by atoms with Crippen molar-refractivity contribution in [2.24, 2.45) is 0 Å². The molecule has 0 spiro atoms. The zero-order valence-electron chi connectivity index (χ0n) is 11.3. The van der Waals surface area contributed by atoms with Gasteiger partial charge in [0.15, 0.2) is 0 Å². The van der Waals surface area contributed by atoms with E-state index in [4.69, 9.17) is 16.3 Å². The van der Waals surface area contributed by atoms with E-state index in [1.54, 1.807) is 6.07 Å². The van der Waals surface area contributed by atoms with E-state index in [9.17, 15) is 13.6 Å². The minimum atomic E-state index is -2.97. The maximum absolute atomic E-state index is 12.1. The molecule has 0 aliphatic rings. The molecule has 0 aliphatic carbocycles. The lowest BCUT2D eigenvalue weighted by Crippen LogP contribution is -2.12. The fourth-order valence-corrected chi connectivity index (χ4v) is 1.83. The zero-order chi connectivity index (χ0) is 16.1. The number of anilines is 1. The fourth-order valence-electron chi connectivity index (χ4n) is 1.61. The van der Waals surface area contributed by atoms with Crippen LogP contribution in [0.4, 0.5) is 14.5 Å². The molecule has 1 amide bonds. The second kappa shape index (κ2) is 7.04. The normalized spacial score (nSPS) is 10.4. The maximum atomic E-state index is 12.1. The highest BCUT2D eigenvalue weighted by Gasteiger charge is 2.11. The number of alkyl halides is 2. The van der Waals surface area contributed by atoms with Crippen LogP contribution in [-0.4, -0.2) is 24.6 Å². The predicted octanol–water partition coefficient (Wildman–Crippen LogP) is 3.60. The third-order valence-electron chi connectivity index (χ3n) is 2.61. The van der Waals surface area contributed by atoms with Gasteiger partial charge in [0.25, 0.3) is 5.91 Å². The molecule has 5 nitrogen and oxygen atoms in total. The van der Waals surface area contributed by atoms with Crippen molar-refractivity contribution in [1.82, 2.24) is 4.98 Å². The molecule has 1 aromatic carbocycles. The Morgan fingerprint density at radius 1 is 1.32 bits per heavy atom. The summed E-state index contributed by atoms with van der Waals surface area (Å²) >= 11 is 5.80. The molecule has 0 unspecified atom stereocenters. The Morgan fingerprint density at radius 3 is 2.64 bits per heavy atom. The van der Waals surface area contributed by atoms with E-state index in [1.807, 2.05) is 0 Å². The van der Waals surface area contributed by atoms with Crippen LogP contribution >= 0.6 is 11.6 Å². The number of benzene rings is 1. The Hall–Kier alpha value is -2.41. The Kier molecular flexibility index (Phi) is 5.11.